The van der Waals surface area contributed by atoms with Gasteiger partial charge in [-0.25, -0.2) is 32.5 Å². The van der Waals surface area contributed by atoms with E-state index in [1.807, 2.05) is 0 Å². The molecule has 3 rings (SSSR count). The van der Waals surface area contributed by atoms with Crippen LogP contribution in [-0.2, 0) is 10.0 Å². The molecule has 0 saturated carbocycles. The van der Waals surface area contributed by atoms with Crippen LogP contribution in [0.1, 0.15) is 0 Å². The fraction of sp³-hybridized carbons (Fsp3) is 0.0714. The number of imidazole rings is 1. The minimum atomic E-state index is -3.75. The Labute approximate surface area is 131 Å². The molecule has 0 unspecified atom stereocenters. The Hall–Kier alpha value is -2.65. The van der Waals surface area contributed by atoms with Gasteiger partial charge in [-0.15, -0.1) is 0 Å². The second kappa shape index (κ2) is 5.86. The molecule has 9 heteroatoms. The van der Waals surface area contributed by atoms with Crippen LogP contribution in [0.15, 0.2) is 48.0 Å². The molecule has 23 heavy (non-hydrogen) atoms. The Kier molecular flexibility index (Phi) is 3.89. The van der Waals surface area contributed by atoms with Gasteiger partial charge in [-0.05, 0) is 37.4 Å². The Morgan fingerprint density at radius 2 is 1.87 bits per heavy atom. The van der Waals surface area contributed by atoms with E-state index in [4.69, 9.17) is 0 Å². The van der Waals surface area contributed by atoms with Crippen LogP contribution in [0.5, 0.6) is 0 Å². The van der Waals surface area contributed by atoms with Crippen molar-refractivity contribution in [3.05, 3.63) is 48.7 Å². The van der Waals surface area contributed by atoms with E-state index in [0.717, 1.165) is 0 Å². The third-order valence-corrected chi connectivity index (χ3v) is 4.37. The number of benzene rings is 1. The van der Waals surface area contributed by atoms with Gasteiger partial charge in [-0.3, -0.25) is 0 Å². The van der Waals surface area contributed by atoms with Crippen molar-refractivity contribution in [2.45, 2.75) is 5.16 Å². The van der Waals surface area contributed by atoms with Crippen LogP contribution in [0.25, 0.3) is 22.6 Å². The van der Waals surface area contributed by atoms with Crippen molar-refractivity contribution < 1.29 is 12.8 Å². The fourth-order valence-corrected chi connectivity index (χ4v) is 2.62. The highest BCUT2D eigenvalue weighted by molar-refractivity contribution is 7.89. The van der Waals surface area contributed by atoms with Crippen molar-refractivity contribution in [3.63, 3.8) is 0 Å². The molecule has 0 saturated heterocycles. The monoisotopic (exact) mass is 333 g/mol. The maximum atomic E-state index is 13.1. The molecule has 2 heterocycles. The zero-order valence-electron chi connectivity index (χ0n) is 12.0. The zero-order valence-corrected chi connectivity index (χ0v) is 12.8. The Morgan fingerprint density at radius 1 is 1.13 bits per heavy atom. The van der Waals surface area contributed by atoms with E-state index in [1.165, 1.54) is 31.7 Å². The molecule has 0 fully saturated rings. The molecule has 0 amide bonds. The first-order valence-corrected chi connectivity index (χ1v) is 8.06. The van der Waals surface area contributed by atoms with Crippen molar-refractivity contribution in [2.24, 2.45) is 0 Å². The summed E-state index contributed by atoms with van der Waals surface area (Å²) >= 11 is 0. The van der Waals surface area contributed by atoms with E-state index in [9.17, 15) is 12.8 Å². The Bertz CT molecular complexity index is 938. The molecule has 3 aromatic rings. The maximum absolute atomic E-state index is 13.1. The van der Waals surface area contributed by atoms with Gasteiger partial charge < -0.3 is 4.98 Å². The van der Waals surface area contributed by atoms with Gasteiger partial charge in [-0.1, -0.05) is 0 Å². The summed E-state index contributed by atoms with van der Waals surface area (Å²) in [5.41, 5.74) is 2.10. The van der Waals surface area contributed by atoms with Gasteiger partial charge in [-0.2, -0.15) is 0 Å². The number of nitrogens with one attached hydrogen (secondary N) is 2. The number of rotatable bonds is 4. The predicted octanol–water partition coefficient (Wildman–Crippen LogP) is 1.58. The molecule has 0 atom stereocenters. The number of sulfonamides is 1. The first-order chi connectivity index (χ1) is 11.0. The molecule has 2 N–H and O–H groups in total. The third kappa shape index (κ3) is 2.96. The first kappa shape index (κ1) is 15.3. The smallest absolute Gasteiger partial charge is 0.276 e. The van der Waals surface area contributed by atoms with Gasteiger partial charge in [0.25, 0.3) is 15.2 Å². The van der Waals surface area contributed by atoms with Gasteiger partial charge in [0.2, 0.25) is 0 Å². The van der Waals surface area contributed by atoms with Crippen molar-refractivity contribution in [2.75, 3.05) is 7.05 Å². The average molecular weight is 333 g/mol. The number of aromatic amines is 1. The minimum Gasteiger partial charge on any atom is -0.343 e. The van der Waals surface area contributed by atoms with Crippen LogP contribution in [0, 0.1) is 5.82 Å². The molecule has 1 aromatic carbocycles. The summed E-state index contributed by atoms with van der Waals surface area (Å²) in [6.45, 7) is 0. The highest BCUT2D eigenvalue weighted by Crippen LogP contribution is 2.27. The molecule has 118 valence electrons. The van der Waals surface area contributed by atoms with Gasteiger partial charge in [0, 0.05) is 11.8 Å². The van der Waals surface area contributed by atoms with Crippen molar-refractivity contribution >= 4 is 10.0 Å². The summed E-state index contributed by atoms with van der Waals surface area (Å²) in [7, 11) is -2.47. The molecular weight excluding hydrogens is 321 g/mol. The number of aromatic nitrogens is 4. The number of H-pyrrole nitrogens is 1. The van der Waals surface area contributed by atoms with Crippen LogP contribution in [0.3, 0.4) is 0 Å². The van der Waals surface area contributed by atoms with Crippen molar-refractivity contribution in [1.82, 2.24) is 24.7 Å². The van der Waals surface area contributed by atoms with Crippen LogP contribution >= 0.6 is 0 Å². The molecule has 0 radical (unpaired) electrons. The summed E-state index contributed by atoms with van der Waals surface area (Å²) in [5.74, 6) is -0.352. The first-order valence-electron chi connectivity index (χ1n) is 6.57. The molecule has 0 spiro atoms. The van der Waals surface area contributed by atoms with E-state index >= 15 is 0 Å². The van der Waals surface area contributed by atoms with E-state index in [1.54, 1.807) is 18.2 Å². The highest BCUT2D eigenvalue weighted by Gasteiger charge is 2.18. The number of hydrogen-bond donors (Lipinski definition) is 2. The van der Waals surface area contributed by atoms with Crippen molar-refractivity contribution in [3.8, 4) is 22.6 Å². The molecule has 0 aliphatic rings. The number of nitrogens with zero attached hydrogens (tertiary/aromatic N) is 3. The molecule has 0 aliphatic carbocycles. The lowest BCUT2D eigenvalue weighted by Gasteiger charge is -2.05. The molecular formula is C14H12FN5O2S. The Morgan fingerprint density at radius 3 is 2.57 bits per heavy atom. The third-order valence-electron chi connectivity index (χ3n) is 3.16. The molecule has 0 aliphatic heterocycles. The summed E-state index contributed by atoms with van der Waals surface area (Å²) in [6, 6.07) is 7.38. The summed E-state index contributed by atoms with van der Waals surface area (Å²) < 4.78 is 38.8. The van der Waals surface area contributed by atoms with E-state index in [2.05, 4.69) is 24.7 Å². The van der Waals surface area contributed by atoms with Crippen LogP contribution in [0.2, 0.25) is 0 Å². The standard InChI is InChI=1S/C14H12FN5O2S/c1-16-23(21,22)14-17-7-6-11(20-14)13-12(18-8-19-13)9-2-4-10(15)5-3-9/h2-8,16H,1H3,(H,18,19). The van der Waals surface area contributed by atoms with Crippen LogP contribution in [-0.4, -0.2) is 35.4 Å². The average Bonchev–Trinajstić information content (AvgIpc) is 3.05. The highest BCUT2D eigenvalue weighted by atomic mass is 32.2. The molecule has 7 nitrogen and oxygen atoms in total. The fourth-order valence-electron chi connectivity index (χ4n) is 2.02. The predicted molar refractivity (Wildman–Crippen MR) is 81.3 cm³/mol. The lowest BCUT2D eigenvalue weighted by atomic mass is 10.1. The summed E-state index contributed by atoms with van der Waals surface area (Å²) in [5, 5.41) is -0.336. The van der Waals surface area contributed by atoms with E-state index in [0.29, 0.717) is 22.6 Å². The normalized spacial score (nSPS) is 11.6. The van der Waals surface area contributed by atoms with Crippen LogP contribution < -0.4 is 4.72 Å². The van der Waals surface area contributed by atoms with Gasteiger partial charge >= 0.3 is 0 Å². The second-order valence-electron chi connectivity index (χ2n) is 4.57. The lowest BCUT2D eigenvalue weighted by Crippen LogP contribution is -2.21. The van der Waals surface area contributed by atoms with Gasteiger partial charge in [0.1, 0.15) is 5.82 Å². The SMILES string of the molecule is CNS(=O)(=O)c1nccc(-c2[nH]cnc2-c2ccc(F)cc2)n1. The van der Waals surface area contributed by atoms with E-state index in [-0.39, 0.29) is 11.0 Å². The minimum absolute atomic E-state index is 0.336. The van der Waals surface area contributed by atoms with Crippen LogP contribution in [0.4, 0.5) is 4.39 Å². The second-order valence-corrected chi connectivity index (χ2v) is 6.35. The Balaban J connectivity index is 2.09. The number of halogens is 1. The maximum Gasteiger partial charge on any atom is 0.276 e. The molecule has 2 aromatic heterocycles. The summed E-state index contributed by atoms with van der Waals surface area (Å²) in [4.78, 5) is 14.9. The quantitative estimate of drug-likeness (QED) is 0.706. The van der Waals surface area contributed by atoms with E-state index < -0.39 is 10.0 Å². The lowest BCUT2D eigenvalue weighted by molar-refractivity contribution is 0.579. The number of hydrogen-bond acceptors (Lipinski definition) is 5. The zero-order chi connectivity index (χ0) is 16.4. The summed E-state index contributed by atoms with van der Waals surface area (Å²) in [6.07, 6.45) is 2.81. The topological polar surface area (TPSA) is 101 Å². The largest absolute Gasteiger partial charge is 0.343 e. The molecule has 0 bridgehead atoms. The van der Waals surface area contributed by atoms with Crippen molar-refractivity contribution in [1.29, 1.82) is 0 Å². The van der Waals surface area contributed by atoms with Gasteiger partial charge in [0.15, 0.2) is 0 Å². The van der Waals surface area contributed by atoms with Gasteiger partial charge in [0.05, 0.1) is 23.4 Å².